The third kappa shape index (κ3) is 3.61. The zero-order valence-corrected chi connectivity index (χ0v) is 13.0. The number of phenolic OH excluding ortho intramolecular Hbond substituents is 1. The van der Waals surface area contributed by atoms with Gasteiger partial charge in [-0.1, -0.05) is 0 Å². The summed E-state index contributed by atoms with van der Waals surface area (Å²) in [7, 11) is 1.30. The molecule has 0 aliphatic carbocycles. The van der Waals surface area contributed by atoms with E-state index < -0.39 is 12.2 Å². The highest BCUT2D eigenvalue weighted by atomic mass is 79.9. The number of hydrogen-bond donors (Lipinski definition) is 2. The number of ether oxygens (including phenoxy) is 1. The van der Waals surface area contributed by atoms with Gasteiger partial charge < -0.3 is 15.2 Å². The maximum Gasteiger partial charge on any atom is 0.408 e. The first-order chi connectivity index (χ1) is 9.84. The van der Waals surface area contributed by atoms with E-state index in [-0.39, 0.29) is 21.5 Å². The molecular weight excluding hydrogens is 353 g/mol. The largest absolute Gasteiger partial charge is 0.503 e. The van der Waals surface area contributed by atoms with Crippen molar-refractivity contribution in [1.82, 2.24) is 10.2 Å². The van der Waals surface area contributed by atoms with Crippen LogP contribution in [-0.4, -0.2) is 49.5 Å². The second kappa shape index (κ2) is 6.41. The van der Waals surface area contributed by atoms with Crippen LogP contribution in [0.15, 0.2) is 16.6 Å². The van der Waals surface area contributed by atoms with E-state index in [1.165, 1.54) is 24.1 Å². The van der Waals surface area contributed by atoms with Gasteiger partial charge in [0.15, 0.2) is 11.5 Å². The molecule has 0 radical (unpaired) electrons. The molecule has 2 rings (SSSR count). The van der Waals surface area contributed by atoms with E-state index in [9.17, 15) is 18.3 Å². The molecule has 4 nitrogen and oxygen atoms in total. The average molecular weight is 369 g/mol. The third-order valence-corrected chi connectivity index (χ3v) is 4.02. The molecule has 2 N–H and O–H groups in total. The Morgan fingerprint density at radius 1 is 1.33 bits per heavy atom. The molecule has 0 aromatic heterocycles. The van der Waals surface area contributed by atoms with Gasteiger partial charge in [-0.2, -0.15) is 13.2 Å². The first-order valence-corrected chi connectivity index (χ1v) is 7.21. The highest BCUT2D eigenvalue weighted by molar-refractivity contribution is 9.10. The van der Waals surface area contributed by atoms with E-state index in [2.05, 4.69) is 21.2 Å². The Morgan fingerprint density at radius 2 is 1.95 bits per heavy atom. The summed E-state index contributed by atoms with van der Waals surface area (Å²) < 4.78 is 45.6. The van der Waals surface area contributed by atoms with E-state index in [0.29, 0.717) is 26.2 Å². The zero-order chi connectivity index (χ0) is 15.6. The van der Waals surface area contributed by atoms with Crippen molar-refractivity contribution in [2.45, 2.75) is 12.2 Å². The number of halogens is 4. The molecule has 0 amide bonds. The fourth-order valence-electron chi connectivity index (χ4n) is 2.45. The minimum Gasteiger partial charge on any atom is -0.503 e. The molecule has 0 bridgehead atoms. The standard InChI is InChI=1S/C13H16BrF3N2O2/c1-21-10-7-8(6-9(14)11(10)20)12(13(15,16)17)19-4-2-18-3-5-19/h6-7,12,18,20H,2-5H2,1H3/t12-/m1/s1. The number of aromatic hydroxyl groups is 1. The number of benzene rings is 1. The molecule has 1 aromatic carbocycles. The summed E-state index contributed by atoms with van der Waals surface area (Å²) in [6.07, 6.45) is -4.40. The number of rotatable bonds is 3. The molecule has 8 heteroatoms. The van der Waals surface area contributed by atoms with Gasteiger partial charge in [-0.3, -0.25) is 4.90 Å². The second-order valence-electron chi connectivity index (χ2n) is 4.78. The van der Waals surface area contributed by atoms with Gasteiger partial charge in [0, 0.05) is 26.2 Å². The van der Waals surface area contributed by atoms with Crippen LogP contribution < -0.4 is 10.1 Å². The third-order valence-electron chi connectivity index (χ3n) is 3.41. The van der Waals surface area contributed by atoms with E-state index in [1.807, 2.05) is 0 Å². The summed E-state index contributed by atoms with van der Waals surface area (Å²) in [6, 6.07) is 0.809. The molecule has 1 fully saturated rings. The average Bonchev–Trinajstić information content (AvgIpc) is 2.42. The van der Waals surface area contributed by atoms with Crippen molar-refractivity contribution in [3.63, 3.8) is 0 Å². The predicted octanol–water partition coefficient (Wildman–Crippen LogP) is 2.67. The zero-order valence-electron chi connectivity index (χ0n) is 11.4. The topological polar surface area (TPSA) is 44.7 Å². The molecule has 21 heavy (non-hydrogen) atoms. The van der Waals surface area contributed by atoms with Crippen molar-refractivity contribution in [2.75, 3.05) is 33.3 Å². The van der Waals surface area contributed by atoms with Crippen LogP contribution in [0.2, 0.25) is 0 Å². The van der Waals surface area contributed by atoms with Crippen molar-refractivity contribution < 1.29 is 23.0 Å². The summed E-state index contributed by atoms with van der Waals surface area (Å²) in [4.78, 5) is 1.38. The van der Waals surface area contributed by atoms with Crippen molar-refractivity contribution in [3.05, 3.63) is 22.2 Å². The van der Waals surface area contributed by atoms with Crippen LogP contribution in [0.3, 0.4) is 0 Å². The highest BCUT2D eigenvalue weighted by Crippen LogP contribution is 2.43. The van der Waals surface area contributed by atoms with Crippen molar-refractivity contribution >= 4 is 15.9 Å². The van der Waals surface area contributed by atoms with Gasteiger partial charge in [0.05, 0.1) is 11.6 Å². The molecule has 1 heterocycles. The number of nitrogens with zero attached hydrogens (tertiary/aromatic N) is 1. The molecule has 1 aromatic rings. The maximum atomic E-state index is 13.5. The van der Waals surface area contributed by atoms with Crippen LogP contribution in [0.4, 0.5) is 13.2 Å². The second-order valence-corrected chi connectivity index (χ2v) is 5.64. The van der Waals surface area contributed by atoms with E-state index in [4.69, 9.17) is 4.74 Å². The molecule has 1 atom stereocenters. The number of phenols is 1. The Kier molecular flexibility index (Phi) is 5.00. The Morgan fingerprint density at radius 3 is 2.48 bits per heavy atom. The molecule has 1 aliphatic rings. The van der Waals surface area contributed by atoms with Gasteiger partial charge in [-0.25, -0.2) is 0 Å². The SMILES string of the molecule is COc1cc([C@@H](N2CCNCC2)C(F)(F)F)cc(Br)c1O. The maximum absolute atomic E-state index is 13.5. The summed E-state index contributed by atoms with van der Waals surface area (Å²) in [6.45, 7) is 1.65. The Labute approximate surface area is 129 Å². The summed E-state index contributed by atoms with van der Waals surface area (Å²) in [5, 5.41) is 12.8. The Balaban J connectivity index is 2.43. The quantitative estimate of drug-likeness (QED) is 0.860. The van der Waals surface area contributed by atoms with Gasteiger partial charge in [-0.15, -0.1) is 0 Å². The lowest BCUT2D eigenvalue weighted by atomic mass is 10.0. The molecule has 118 valence electrons. The first-order valence-electron chi connectivity index (χ1n) is 6.42. The number of nitrogens with one attached hydrogen (secondary N) is 1. The summed E-state index contributed by atoms with van der Waals surface area (Å²) in [5.74, 6) is -0.189. The van der Waals surface area contributed by atoms with Crippen LogP contribution in [0.5, 0.6) is 11.5 Å². The van der Waals surface area contributed by atoms with Crippen LogP contribution >= 0.6 is 15.9 Å². The first kappa shape index (κ1) is 16.4. The van der Waals surface area contributed by atoms with E-state index >= 15 is 0 Å². The summed E-state index contributed by atoms with van der Waals surface area (Å²) >= 11 is 3.07. The van der Waals surface area contributed by atoms with Crippen molar-refractivity contribution in [3.8, 4) is 11.5 Å². The lowest BCUT2D eigenvalue weighted by Gasteiger charge is -2.36. The van der Waals surface area contributed by atoms with Crippen LogP contribution in [0.1, 0.15) is 11.6 Å². The minimum absolute atomic E-state index is 0.0174. The molecule has 0 saturated carbocycles. The molecule has 0 spiro atoms. The normalized spacial score (nSPS) is 18.5. The van der Waals surface area contributed by atoms with Crippen LogP contribution in [-0.2, 0) is 0 Å². The van der Waals surface area contributed by atoms with Gasteiger partial charge in [0.25, 0.3) is 0 Å². The van der Waals surface area contributed by atoms with Crippen LogP contribution in [0, 0.1) is 0 Å². The van der Waals surface area contributed by atoms with Crippen LogP contribution in [0.25, 0.3) is 0 Å². The van der Waals surface area contributed by atoms with E-state index in [0.717, 1.165) is 0 Å². The predicted molar refractivity (Wildman–Crippen MR) is 75.6 cm³/mol. The number of piperazine rings is 1. The minimum atomic E-state index is -4.40. The Bertz CT molecular complexity index is 505. The van der Waals surface area contributed by atoms with Gasteiger partial charge in [-0.05, 0) is 33.6 Å². The smallest absolute Gasteiger partial charge is 0.408 e. The van der Waals surface area contributed by atoms with Gasteiger partial charge in [0.2, 0.25) is 0 Å². The number of alkyl halides is 3. The van der Waals surface area contributed by atoms with Gasteiger partial charge in [0.1, 0.15) is 6.04 Å². The highest BCUT2D eigenvalue weighted by Gasteiger charge is 2.45. The lowest BCUT2D eigenvalue weighted by molar-refractivity contribution is -0.187. The number of methoxy groups -OCH3 is 1. The van der Waals surface area contributed by atoms with Gasteiger partial charge >= 0.3 is 6.18 Å². The monoisotopic (exact) mass is 368 g/mol. The van der Waals surface area contributed by atoms with E-state index in [1.54, 1.807) is 0 Å². The molecular formula is C13H16BrF3N2O2. The fourth-order valence-corrected chi connectivity index (χ4v) is 2.91. The Hall–Kier alpha value is -0.990. The molecule has 1 aliphatic heterocycles. The van der Waals surface area contributed by atoms with Crippen molar-refractivity contribution in [1.29, 1.82) is 0 Å². The van der Waals surface area contributed by atoms with Crippen molar-refractivity contribution in [2.24, 2.45) is 0 Å². The fraction of sp³-hybridized carbons (Fsp3) is 0.538. The lowest BCUT2D eigenvalue weighted by Crippen LogP contribution is -2.49. The summed E-state index contributed by atoms with van der Waals surface area (Å²) in [5.41, 5.74) is 0.0472. The number of hydrogen-bond acceptors (Lipinski definition) is 4. The molecule has 0 unspecified atom stereocenters. The molecule has 1 saturated heterocycles.